The van der Waals surface area contributed by atoms with E-state index in [2.05, 4.69) is 6.92 Å². The number of ether oxygens (including phenoxy) is 1. The van der Waals surface area contributed by atoms with Gasteiger partial charge in [0.15, 0.2) is 0 Å². The van der Waals surface area contributed by atoms with E-state index in [1.54, 1.807) is 11.8 Å². The number of hydrogen-bond acceptors (Lipinski definition) is 6. The van der Waals surface area contributed by atoms with Crippen molar-refractivity contribution < 1.29 is 9.53 Å². The van der Waals surface area contributed by atoms with E-state index in [4.69, 9.17) is 14.7 Å². The zero-order valence-corrected chi connectivity index (χ0v) is 16.2. The Hall–Kier alpha value is -1.18. The quantitative estimate of drug-likeness (QED) is 0.605. The van der Waals surface area contributed by atoms with Crippen molar-refractivity contribution in [2.75, 3.05) is 32.1 Å². The minimum atomic E-state index is 0.183. The fraction of sp³-hybridized carbons (Fsp3) is 0.611. The van der Waals surface area contributed by atoms with Gasteiger partial charge < -0.3 is 9.64 Å². The lowest BCUT2D eigenvalue weighted by Crippen LogP contribution is -2.41. The Labute approximate surface area is 156 Å². The summed E-state index contributed by atoms with van der Waals surface area (Å²) in [6.45, 7) is 4.78. The standard InChI is InChI=1S/C18H23N3O2S2/c1-2-14-19-17(24-11-15(22)21-7-9-23-10-8-21)16-12-5-3-4-6-13(12)25-18(16)20-14/h2-11H2,1H3. The number of aryl methyl sites for hydroxylation is 3. The third-order valence-electron chi connectivity index (χ3n) is 4.84. The van der Waals surface area contributed by atoms with Crippen LogP contribution in [0.3, 0.4) is 0 Å². The molecule has 7 heteroatoms. The average molecular weight is 378 g/mol. The number of aromatic nitrogens is 2. The highest BCUT2D eigenvalue weighted by Gasteiger charge is 2.23. The minimum absolute atomic E-state index is 0.183. The molecule has 0 N–H and O–H groups in total. The van der Waals surface area contributed by atoms with Gasteiger partial charge in [0.2, 0.25) is 5.91 Å². The van der Waals surface area contributed by atoms with Gasteiger partial charge in [-0.05, 0) is 31.2 Å². The van der Waals surface area contributed by atoms with E-state index in [0.29, 0.717) is 32.1 Å². The van der Waals surface area contributed by atoms with Crippen molar-refractivity contribution >= 4 is 39.2 Å². The summed E-state index contributed by atoms with van der Waals surface area (Å²) >= 11 is 3.41. The van der Waals surface area contributed by atoms with Gasteiger partial charge in [0.25, 0.3) is 0 Å². The monoisotopic (exact) mass is 377 g/mol. The highest BCUT2D eigenvalue weighted by Crippen LogP contribution is 2.39. The van der Waals surface area contributed by atoms with Crippen molar-refractivity contribution in [2.45, 2.75) is 44.1 Å². The largest absolute Gasteiger partial charge is 0.378 e. The Kier molecular flexibility index (Phi) is 5.24. The summed E-state index contributed by atoms with van der Waals surface area (Å²) in [5.74, 6) is 1.51. The van der Waals surface area contributed by atoms with Crippen molar-refractivity contribution in [1.29, 1.82) is 0 Å². The number of nitrogens with zero attached hydrogens (tertiary/aromatic N) is 3. The third-order valence-corrected chi connectivity index (χ3v) is 6.99. The second-order valence-electron chi connectivity index (χ2n) is 6.47. The first-order valence-electron chi connectivity index (χ1n) is 9.05. The molecule has 1 saturated heterocycles. The molecular weight excluding hydrogens is 354 g/mol. The lowest BCUT2D eigenvalue weighted by Gasteiger charge is -2.26. The molecule has 134 valence electrons. The molecule has 0 spiro atoms. The molecule has 0 bridgehead atoms. The smallest absolute Gasteiger partial charge is 0.233 e. The third kappa shape index (κ3) is 3.55. The lowest BCUT2D eigenvalue weighted by molar-refractivity contribution is -0.132. The Bertz CT molecular complexity index is 784. The SMILES string of the molecule is CCc1nc(SCC(=O)N2CCOCC2)c2c3c(sc2n1)CCCC3. The van der Waals surface area contributed by atoms with Crippen molar-refractivity contribution in [2.24, 2.45) is 0 Å². The predicted molar refractivity (Wildman–Crippen MR) is 102 cm³/mol. The van der Waals surface area contributed by atoms with Gasteiger partial charge in [0.1, 0.15) is 15.7 Å². The zero-order chi connectivity index (χ0) is 17.2. The summed E-state index contributed by atoms with van der Waals surface area (Å²) in [5.41, 5.74) is 1.44. The van der Waals surface area contributed by atoms with Gasteiger partial charge in [-0.25, -0.2) is 9.97 Å². The summed E-state index contributed by atoms with van der Waals surface area (Å²) in [5, 5.41) is 2.22. The molecule has 0 atom stereocenters. The van der Waals surface area contributed by atoms with Crippen LogP contribution in [0.2, 0.25) is 0 Å². The minimum Gasteiger partial charge on any atom is -0.378 e. The van der Waals surface area contributed by atoms with Crippen LogP contribution in [-0.2, 0) is 28.8 Å². The summed E-state index contributed by atoms with van der Waals surface area (Å²) in [7, 11) is 0. The number of fused-ring (bicyclic) bond motifs is 3. The van der Waals surface area contributed by atoms with E-state index in [-0.39, 0.29) is 5.91 Å². The summed E-state index contributed by atoms with van der Waals surface area (Å²) in [6, 6.07) is 0. The van der Waals surface area contributed by atoms with Crippen LogP contribution in [0, 0.1) is 0 Å². The fourth-order valence-corrected chi connectivity index (χ4v) is 5.78. The Morgan fingerprint density at radius 1 is 1.24 bits per heavy atom. The number of carbonyl (C=O) groups excluding carboxylic acids is 1. The van der Waals surface area contributed by atoms with Crippen molar-refractivity contribution in [3.8, 4) is 0 Å². The number of amides is 1. The van der Waals surface area contributed by atoms with E-state index in [1.165, 1.54) is 28.7 Å². The van der Waals surface area contributed by atoms with E-state index < -0.39 is 0 Å². The maximum atomic E-state index is 12.5. The first-order chi connectivity index (χ1) is 12.3. The summed E-state index contributed by atoms with van der Waals surface area (Å²) < 4.78 is 5.33. The number of thiophene rings is 1. The molecule has 2 aromatic heterocycles. The van der Waals surface area contributed by atoms with Gasteiger partial charge in [-0.3, -0.25) is 4.79 Å². The number of rotatable bonds is 4. The molecule has 3 heterocycles. The van der Waals surface area contributed by atoms with E-state index in [0.717, 1.165) is 34.9 Å². The van der Waals surface area contributed by atoms with Crippen molar-refractivity contribution in [3.63, 3.8) is 0 Å². The van der Waals surface area contributed by atoms with Crippen LogP contribution < -0.4 is 0 Å². The zero-order valence-electron chi connectivity index (χ0n) is 14.5. The molecule has 4 rings (SSSR count). The molecule has 5 nitrogen and oxygen atoms in total. The highest BCUT2D eigenvalue weighted by molar-refractivity contribution is 8.00. The maximum absolute atomic E-state index is 12.5. The Morgan fingerprint density at radius 2 is 2.04 bits per heavy atom. The molecule has 0 saturated carbocycles. The van der Waals surface area contributed by atoms with Crippen LogP contribution in [0.25, 0.3) is 10.2 Å². The van der Waals surface area contributed by atoms with Crippen molar-refractivity contribution in [3.05, 3.63) is 16.3 Å². The topological polar surface area (TPSA) is 55.3 Å². The average Bonchev–Trinajstić information content (AvgIpc) is 3.05. The van der Waals surface area contributed by atoms with E-state index in [1.807, 2.05) is 16.2 Å². The molecule has 1 aliphatic carbocycles. The molecule has 1 amide bonds. The molecule has 1 fully saturated rings. The maximum Gasteiger partial charge on any atom is 0.233 e. The van der Waals surface area contributed by atoms with Crippen LogP contribution >= 0.6 is 23.1 Å². The van der Waals surface area contributed by atoms with Crippen molar-refractivity contribution in [1.82, 2.24) is 14.9 Å². The van der Waals surface area contributed by atoms with Gasteiger partial charge >= 0.3 is 0 Å². The van der Waals surface area contributed by atoms with Crippen LogP contribution in [0.5, 0.6) is 0 Å². The molecule has 0 radical (unpaired) electrons. The van der Waals surface area contributed by atoms with Gasteiger partial charge in [-0.1, -0.05) is 18.7 Å². The Balaban J connectivity index is 1.61. The van der Waals surface area contributed by atoms with Gasteiger partial charge in [0.05, 0.1) is 19.0 Å². The normalized spacial score (nSPS) is 17.7. The predicted octanol–water partition coefficient (Wildman–Crippen LogP) is 3.08. The first-order valence-corrected chi connectivity index (χ1v) is 10.9. The van der Waals surface area contributed by atoms with Gasteiger partial charge in [0, 0.05) is 29.8 Å². The number of morpholine rings is 1. The van der Waals surface area contributed by atoms with E-state index in [9.17, 15) is 4.79 Å². The molecule has 25 heavy (non-hydrogen) atoms. The van der Waals surface area contributed by atoms with Gasteiger partial charge in [-0.15, -0.1) is 11.3 Å². The van der Waals surface area contributed by atoms with Crippen LogP contribution in [0.1, 0.15) is 36.0 Å². The highest BCUT2D eigenvalue weighted by atomic mass is 32.2. The Morgan fingerprint density at radius 3 is 2.84 bits per heavy atom. The second kappa shape index (κ2) is 7.60. The summed E-state index contributed by atoms with van der Waals surface area (Å²) in [4.78, 5) is 26.5. The number of hydrogen-bond donors (Lipinski definition) is 0. The first kappa shape index (κ1) is 17.2. The van der Waals surface area contributed by atoms with Crippen LogP contribution in [0.4, 0.5) is 0 Å². The van der Waals surface area contributed by atoms with E-state index >= 15 is 0 Å². The molecule has 0 unspecified atom stereocenters. The van der Waals surface area contributed by atoms with Gasteiger partial charge in [-0.2, -0.15) is 0 Å². The molecule has 2 aliphatic rings. The summed E-state index contributed by atoms with van der Waals surface area (Å²) in [6.07, 6.45) is 5.62. The molecular formula is C18H23N3O2S2. The lowest BCUT2D eigenvalue weighted by atomic mass is 9.97. The fourth-order valence-electron chi connectivity index (χ4n) is 3.46. The molecule has 2 aromatic rings. The van der Waals surface area contributed by atoms with Crippen LogP contribution in [0.15, 0.2) is 5.03 Å². The van der Waals surface area contributed by atoms with Crippen LogP contribution in [-0.4, -0.2) is 52.8 Å². The number of carbonyl (C=O) groups is 1. The molecule has 1 aliphatic heterocycles. The molecule has 0 aromatic carbocycles. The number of thioether (sulfide) groups is 1. The second-order valence-corrected chi connectivity index (χ2v) is 8.52.